The maximum absolute atomic E-state index is 9.76. The van der Waals surface area contributed by atoms with Crippen LogP contribution >= 0.6 is 11.8 Å². The molecule has 0 fully saturated rings. The van der Waals surface area contributed by atoms with Crippen LogP contribution in [0.5, 0.6) is 0 Å². The van der Waals surface area contributed by atoms with Crippen molar-refractivity contribution < 1.29 is 5.11 Å². The predicted molar refractivity (Wildman–Crippen MR) is 85.3 cm³/mol. The quantitative estimate of drug-likeness (QED) is 0.802. The number of hydrogen-bond donors (Lipinski definition) is 2. The number of aliphatic hydroxyl groups excluding tert-OH is 1. The van der Waals surface area contributed by atoms with E-state index in [4.69, 9.17) is 5.73 Å². The van der Waals surface area contributed by atoms with E-state index in [0.29, 0.717) is 11.2 Å². The fraction of sp³-hybridized carbons (Fsp3) is 0.625. The lowest BCUT2D eigenvalue weighted by Crippen LogP contribution is -2.44. The smallest absolute Gasteiger partial charge is 0.0673 e. The molecule has 0 spiro atoms. The largest absolute Gasteiger partial charge is 0.392 e. The highest BCUT2D eigenvalue weighted by Gasteiger charge is 2.28. The van der Waals surface area contributed by atoms with Crippen LogP contribution in [0.1, 0.15) is 44.9 Å². The van der Waals surface area contributed by atoms with Crippen molar-refractivity contribution in [3.8, 4) is 0 Å². The highest BCUT2D eigenvalue weighted by molar-refractivity contribution is 8.00. The van der Waals surface area contributed by atoms with E-state index in [2.05, 4.69) is 45.0 Å². The lowest BCUT2D eigenvalue weighted by atomic mass is 10.0. The van der Waals surface area contributed by atoms with Gasteiger partial charge in [-0.15, -0.1) is 11.8 Å². The van der Waals surface area contributed by atoms with Crippen molar-refractivity contribution in [1.29, 1.82) is 0 Å². The molecule has 1 aromatic rings. The van der Waals surface area contributed by atoms with Gasteiger partial charge in [0.15, 0.2) is 0 Å². The molecule has 4 atom stereocenters. The van der Waals surface area contributed by atoms with Crippen molar-refractivity contribution >= 4 is 11.8 Å². The zero-order valence-electron chi connectivity index (χ0n) is 12.4. The highest BCUT2D eigenvalue weighted by atomic mass is 32.2. The Balaban J connectivity index is 2.82. The average molecular weight is 281 g/mol. The second-order valence-electron chi connectivity index (χ2n) is 5.47. The molecule has 0 saturated carbocycles. The Morgan fingerprint density at radius 2 is 1.74 bits per heavy atom. The zero-order chi connectivity index (χ0) is 14.4. The van der Waals surface area contributed by atoms with Gasteiger partial charge in [-0.3, -0.25) is 0 Å². The van der Waals surface area contributed by atoms with E-state index in [1.807, 2.05) is 17.8 Å². The normalized spacial score (nSPS) is 18.1. The summed E-state index contributed by atoms with van der Waals surface area (Å²) >= 11 is 1.90. The molecule has 0 amide bonds. The minimum absolute atomic E-state index is 0.178. The van der Waals surface area contributed by atoms with Gasteiger partial charge in [-0.25, -0.2) is 0 Å². The van der Waals surface area contributed by atoms with Crippen molar-refractivity contribution in [3.63, 3.8) is 0 Å². The first-order chi connectivity index (χ1) is 8.97. The molecule has 1 aromatic carbocycles. The Bertz CT molecular complexity index is 353. The van der Waals surface area contributed by atoms with Crippen LogP contribution in [0.15, 0.2) is 30.3 Å². The Morgan fingerprint density at radius 1 is 1.16 bits per heavy atom. The summed E-state index contributed by atoms with van der Waals surface area (Å²) in [5, 5.41) is 10.5. The summed E-state index contributed by atoms with van der Waals surface area (Å²) in [4.78, 5) is 0. The monoisotopic (exact) mass is 281 g/mol. The van der Waals surface area contributed by atoms with E-state index in [1.54, 1.807) is 6.92 Å². The van der Waals surface area contributed by atoms with Crippen LogP contribution in [-0.2, 0) is 0 Å². The molecular weight excluding hydrogens is 254 g/mol. The van der Waals surface area contributed by atoms with Gasteiger partial charge in [0.25, 0.3) is 0 Å². The molecule has 0 aromatic heterocycles. The molecule has 0 aliphatic heterocycles. The van der Waals surface area contributed by atoms with Crippen molar-refractivity contribution in [2.45, 2.75) is 56.8 Å². The summed E-state index contributed by atoms with van der Waals surface area (Å²) in [5.74, 6) is 0.451. The van der Waals surface area contributed by atoms with Crippen molar-refractivity contribution in [1.82, 2.24) is 0 Å². The topological polar surface area (TPSA) is 46.2 Å². The summed E-state index contributed by atoms with van der Waals surface area (Å²) < 4.78 is 0. The Labute approximate surface area is 121 Å². The molecule has 3 N–H and O–H groups in total. The molecule has 2 nitrogen and oxygen atoms in total. The van der Waals surface area contributed by atoms with E-state index < -0.39 is 6.10 Å². The fourth-order valence-electron chi connectivity index (χ4n) is 2.23. The van der Waals surface area contributed by atoms with Gasteiger partial charge in [-0.05, 0) is 24.8 Å². The van der Waals surface area contributed by atoms with Crippen LogP contribution in [0.2, 0.25) is 0 Å². The summed E-state index contributed by atoms with van der Waals surface area (Å²) in [5.41, 5.74) is 7.52. The average Bonchev–Trinajstić information content (AvgIpc) is 2.39. The number of benzene rings is 1. The third kappa shape index (κ3) is 4.83. The zero-order valence-corrected chi connectivity index (χ0v) is 13.2. The SMILES string of the molecule is CCC(SC(C(C)C)C(N)C(C)O)c1ccccc1. The molecule has 19 heavy (non-hydrogen) atoms. The first-order valence-electron chi connectivity index (χ1n) is 7.11. The molecule has 1 rings (SSSR count). The van der Waals surface area contributed by atoms with Crippen molar-refractivity contribution in [2.24, 2.45) is 11.7 Å². The first kappa shape index (κ1) is 16.5. The third-order valence-corrected chi connectivity index (χ3v) is 5.56. The van der Waals surface area contributed by atoms with Gasteiger partial charge in [-0.1, -0.05) is 51.1 Å². The molecule has 108 valence electrons. The summed E-state index contributed by atoms with van der Waals surface area (Å²) in [7, 11) is 0. The van der Waals surface area contributed by atoms with E-state index in [9.17, 15) is 5.11 Å². The van der Waals surface area contributed by atoms with Gasteiger partial charge in [0, 0.05) is 16.5 Å². The number of hydrogen-bond acceptors (Lipinski definition) is 3. The lowest BCUT2D eigenvalue weighted by Gasteiger charge is -2.32. The van der Waals surface area contributed by atoms with Crippen molar-refractivity contribution in [2.75, 3.05) is 0 Å². The number of thioether (sulfide) groups is 1. The Hall–Kier alpha value is -0.510. The van der Waals surface area contributed by atoms with Gasteiger partial charge in [0.05, 0.1) is 6.10 Å². The second kappa shape index (κ2) is 7.93. The van der Waals surface area contributed by atoms with E-state index >= 15 is 0 Å². The predicted octanol–water partition coefficient (Wildman–Crippen LogP) is 3.60. The molecular formula is C16H27NOS. The molecule has 0 saturated heterocycles. The highest BCUT2D eigenvalue weighted by Crippen LogP contribution is 2.38. The molecule has 3 heteroatoms. The van der Waals surface area contributed by atoms with Crippen LogP contribution in [0.25, 0.3) is 0 Å². The van der Waals surface area contributed by atoms with Crippen LogP contribution in [-0.4, -0.2) is 22.5 Å². The van der Waals surface area contributed by atoms with Gasteiger partial charge in [0.2, 0.25) is 0 Å². The summed E-state index contributed by atoms with van der Waals surface area (Å²) in [6, 6.07) is 10.4. The minimum Gasteiger partial charge on any atom is -0.392 e. The van der Waals surface area contributed by atoms with Gasteiger partial charge in [0.1, 0.15) is 0 Å². The Kier molecular flexibility index (Phi) is 6.90. The molecule has 0 aliphatic carbocycles. The first-order valence-corrected chi connectivity index (χ1v) is 8.05. The lowest BCUT2D eigenvalue weighted by molar-refractivity contribution is 0.155. The number of nitrogens with two attached hydrogens (primary N) is 1. The van der Waals surface area contributed by atoms with E-state index in [-0.39, 0.29) is 11.3 Å². The van der Waals surface area contributed by atoms with Crippen LogP contribution in [0.3, 0.4) is 0 Å². The molecule has 0 bridgehead atoms. The third-order valence-electron chi connectivity index (χ3n) is 3.46. The summed E-state index contributed by atoms with van der Waals surface area (Å²) in [6.07, 6.45) is 0.609. The molecule has 0 heterocycles. The van der Waals surface area contributed by atoms with Crippen molar-refractivity contribution in [3.05, 3.63) is 35.9 Å². The fourth-order valence-corrected chi connectivity index (χ4v) is 3.84. The van der Waals surface area contributed by atoms with Crippen LogP contribution in [0, 0.1) is 5.92 Å². The maximum atomic E-state index is 9.76. The van der Waals surface area contributed by atoms with Crippen LogP contribution in [0.4, 0.5) is 0 Å². The molecule has 4 unspecified atom stereocenters. The molecule has 0 aliphatic rings. The maximum Gasteiger partial charge on any atom is 0.0673 e. The van der Waals surface area contributed by atoms with E-state index in [0.717, 1.165) is 6.42 Å². The Morgan fingerprint density at radius 3 is 2.16 bits per heavy atom. The standard InChI is InChI=1S/C16H27NOS/c1-5-14(13-9-7-6-8-10-13)19-16(11(2)3)15(17)12(4)18/h6-12,14-16,18H,5,17H2,1-4H3. The second-order valence-corrected chi connectivity index (χ2v) is 6.86. The van der Waals surface area contributed by atoms with Gasteiger partial charge < -0.3 is 10.8 Å². The van der Waals surface area contributed by atoms with E-state index in [1.165, 1.54) is 5.56 Å². The summed E-state index contributed by atoms with van der Waals surface area (Å²) in [6.45, 7) is 8.34. The van der Waals surface area contributed by atoms with Gasteiger partial charge in [-0.2, -0.15) is 0 Å². The van der Waals surface area contributed by atoms with Crippen LogP contribution < -0.4 is 5.73 Å². The minimum atomic E-state index is -0.465. The van der Waals surface area contributed by atoms with Gasteiger partial charge >= 0.3 is 0 Å². The number of rotatable bonds is 7. The number of aliphatic hydroxyl groups is 1. The molecule has 0 radical (unpaired) electrons.